The molecule has 4 nitrogen and oxygen atoms in total. The standard InChI is InChI=1S/C9H10F3N3O/c1-14-7-5-6(9(10,11)12)13-15(7)4-2-3-8(14)16/h5H,2-4H2,1H3. The normalized spacial score (nSPS) is 17.2. The summed E-state index contributed by atoms with van der Waals surface area (Å²) in [4.78, 5) is 12.7. The number of hydrogen-bond donors (Lipinski definition) is 0. The van der Waals surface area contributed by atoms with Crippen LogP contribution in [-0.4, -0.2) is 22.7 Å². The summed E-state index contributed by atoms with van der Waals surface area (Å²) in [5.74, 6) is 0.0159. The van der Waals surface area contributed by atoms with E-state index in [2.05, 4.69) is 5.10 Å². The molecule has 1 aromatic rings. The van der Waals surface area contributed by atoms with Crippen molar-refractivity contribution in [2.45, 2.75) is 25.6 Å². The van der Waals surface area contributed by atoms with Crippen LogP contribution in [-0.2, 0) is 17.5 Å². The van der Waals surface area contributed by atoms with Crippen molar-refractivity contribution >= 4 is 11.7 Å². The number of anilines is 1. The first kappa shape index (κ1) is 11.0. The largest absolute Gasteiger partial charge is 0.435 e. The summed E-state index contributed by atoms with van der Waals surface area (Å²) in [6.45, 7) is 0.335. The molecule has 1 aliphatic heterocycles. The number of carbonyl (C=O) groups excluding carboxylic acids is 1. The number of halogens is 3. The van der Waals surface area contributed by atoms with E-state index in [1.165, 1.54) is 16.6 Å². The number of amides is 1. The lowest BCUT2D eigenvalue weighted by Gasteiger charge is -2.13. The maximum atomic E-state index is 12.4. The van der Waals surface area contributed by atoms with E-state index in [9.17, 15) is 18.0 Å². The van der Waals surface area contributed by atoms with E-state index < -0.39 is 11.9 Å². The molecule has 0 saturated heterocycles. The minimum Gasteiger partial charge on any atom is -0.300 e. The molecule has 7 heteroatoms. The summed E-state index contributed by atoms with van der Waals surface area (Å²) in [5, 5.41) is 3.46. The lowest BCUT2D eigenvalue weighted by Crippen LogP contribution is -2.25. The summed E-state index contributed by atoms with van der Waals surface area (Å²) in [5.41, 5.74) is -0.955. The molecule has 16 heavy (non-hydrogen) atoms. The molecule has 0 N–H and O–H groups in total. The zero-order valence-electron chi connectivity index (χ0n) is 8.58. The average Bonchev–Trinajstić information content (AvgIpc) is 2.55. The van der Waals surface area contributed by atoms with Gasteiger partial charge in [0.05, 0.1) is 0 Å². The SMILES string of the molecule is CN1C(=O)CCCn2nc(C(F)(F)F)cc21. The van der Waals surface area contributed by atoms with Gasteiger partial charge in [-0.05, 0) is 6.42 Å². The van der Waals surface area contributed by atoms with Gasteiger partial charge in [-0.15, -0.1) is 0 Å². The molecule has 0 aromatic carbocycles. The van der Waals surface area contributed by atoms with Gasteiger partial charge in [-0.2, -0.15) is 18.3 Å². The molecule has 0 spiro atoms. The van der Waals surface area contributed by atoms with Gasteiger partial charge in [0.15, 0.2) is 5.69 Å². The summed E-state index contributed by atoms with van der Waals surface area (Å²) in [7, 11) is 1.46. The molecule has 0 radical (unpaired) electrons. The molecule has 2 rings (SSSR count). The first-order chi connectivity index (χ1) is 7.39. The number of nitrogens with zero attached hydrogens (tertiary/aromatic N) is 3. The van der Waals surface area contributed by atoms with Gasteiger partial charge in [-0.1, -0.05) is 0 Å². The number of aryl methyl sites for hydroxylation is 1. The highest BCUT2D eigenvalue weighted by Gasteiger charge is 2.36. The molecule has 0 saturated carbocycles. The highest BCUT2D eigenvalue weighted by atomic mass is 19.4. The predicted octanol–water partition coefficient (Wildman–Crippen LogP) is 1.66. The van der Waals surface area contributed by atoms with Crippen molar-refractivity contribution in [3.05, 3.63) is 11.8 Å². The molecule has 0 fully saturated rings. The molecular weight excluding hydrogens is 223 g/mol. The van der Waals surface area contributed by atoms with Gasteiger partial charge in [0, 0.05) is 26.1 Å². The van der Waals surface area contributed by atoms with Crippen LogP contribution in [0.25, 0.3) is 0 Å². The first-order valence-electron chi connectivity index (χ1n) is 4.81. The van der Waals surface area contributed by atoms with E-state index in [4.69, 9.17) is 0 Å². The van der Waals surface area contributed by atoms with Gasteiger partial charge < -0.3 is 4.90 Å². The van der Waals surface area contributed by atoms with Crippen LogP contribution >= 0.6 is 0 Å². The monoisotopic (exact) mass is 233 g/mol. The van der Waals surface area contributed by atoms with Crippen LogP contribution in [0, 0.1) is 0 Å². The minimum atomic E-state index is -4.47. The number of hydrogen-bond acceptors (Lipinski definition) is 2. The topological polar surface area (TPSA) is 38.1 Å². The number of rotatable bonds is 0. The zero-order valence-corrected chi connectivity index (χ0v) is 8.58. The van der Waals surface area contributed by atoms with Crippen LogP contribution in [0.15, 0.2) is 6.07 Å². The van der Waals surface area contributed by atoms with E-state index in [0.717, 1.165) is 6.07 Å². The van der Waals surface area contributed by atoms with Crippen LogP contribution in [0.3, 0.4) is 0 Å². The van der Waals surface area contributed by atoms with Crippen molar-refractivity contribution in [1.29, 1.82) is 0 Å². The Bertz CT molecular complexity index is 424. The summed E-state index contributed by atoms with van der Waals surface area (Å²) in [6.07, 6.45) is -3.63. The summed E-state index contributed by atoms with van der Waals surface area (Å²) in [6, 6.07) is 0.906. The van der Waals surface area contributed by atoms with Crippen LogP contribution in [0.2, 0.25) is 0 Å². The second-order valence-electron chi connectivity index (χ2n) is 3.66. The molecule has 0 unspecified atom stereocenters. The summed E-state index contributed by atoms with van der Waals surface area (Å²) < 4.78 is 38.5. The quantitative estimate of drug-likeness (QED) is 0.683. The maximum Gasteiger partial charge on any atom is 0.435 e. The Morgan fingerprint density at radius 3 is 2.75 bits per heavy atom. The molecular formula is C9H10F3N3O. The van der Waals surface area contributed by atoms with Crippen LogP contribution < -0.4 is 4.90 Å². The van der Waals surface area contributed by atoms with Gasteiger partial charge in [0.1, 0.15) is 5.82 Å². The Morgan fingerprint density at radius 2 is 2.12 bits per heavy atom. The Balaban J connectivity index is 2.44. The fraction of sp³-hybridized carbons (Fsp3) is 0.556. The van der Waals surface area contributed by atoms with E-state index >= 15 is 0 Å². The van der Waals surface area contributed by atoms with Crippen molar-refractivity contribution < 1.29 is 18.0 Å². The Kier molecular flexibility index (Phi) is 2.40. The van der Waals surface area contributed by atoms with Crippen molar-refractivity contribution in [2.24, 2.45) is 0 Å². The Hall–Kier alpha value is -1.53. The highest BCUT2D eigenvalue weighted by molar-refractivity contribution is 5.92. The molecule has 1 aromatic heterocycles. The molecule has 1 aliphatic rings. The molecule has 0 atom stereocenters. The molecule has 0 bridgehead atoms. The lowest BCUT2D eigenvalue weighted by atomic mass is 10.3. The smallest absolute Gasteiger partial charge is 0.300 e. The van der Waals surface area contributed by atoms with Crippen LogP contribution in [0.5, 0.6) is 0 Å². The summed E-state index contributed by atoms with van der Waals surface area (Å²) >= 11 is 0. The molecule has 2 heterocycles. The van der Waals surface area contributed by atoms with Crippen molar-refractivity contribution in [1.82, 2.24) is 9.78 Å². The molecule has 1 amide bonds. The van der Waals surface area contributed by atoms with E-state index in [0.29, 0.717) is 19.4 Å². The first-order valence-corrected chi connectivity index (χ1v) is 4.81. The van der Waals surface area contributed by atoms with Gasteiger partial charge in [-0.3, -0.25) is 4.79 Å². The van der Waals surface area contributed by atoms with Gasteiger partial charge in [0.2, 0.25) is 5.91 Å². The van der Waals surface area contributed by atoms with Crippen LogP contribution in [0.4, 0.5) is 19.0 Å². The minimum absolute atomic E-state index is 0.188. The third-order valence-electron chi connectivity index (χ3n) is 2.53. The number of carbonyl (C=O) groups is 1. The molecule has 88 valence electrons. The number of alkyl halides is 3. The number of fused-ring (bicyclic) bond motifs is 1. The number of aromatic nitrogens is 2. The Morgan fingerprint density at radius 1 is 1.44 bits per heavy atom. The molecule has 0 aliphatic carbocycles. The van der Waals surface area contributed by atoms with Gasteiger partial charge >= 0.3 is 6.18 Å². The lowest BCUT2D eigenvalue weighted by molar-refractivity contribution is -0.141. The van der Waals surface area contributed by atoms with E-state index in [1.807, 2.05) is 0 Å². The fourth-order valence-corrected chi connectivity index (χ4v) is 1.66. The van der Waals surface area contributed by atoms with E-state index in [1.54, 1.807) is 0 Å². The third-order valence-corrected chi connectivity index (χ3v) is 2.53. The Labute approximate surface area is 89.6 Å². The zero-order chi connectivity index (χ0) is 11.9. The van der Waals surface area contributed by atoms with Gasteiger partial charge in [0.25, 0.3) is 0 Å². The third kappa shape index (κ3) is 1.77. The van der Waals surface area contributed by atoms with Crippen molar-refractivity contribution in [3.63, 3.8) is 0 Å². The second kappa shape index (κ2) is 3.50. The highest BCUT2D eigenvalue weighted by Crippen LogP contribution is 2.31. The van der Waals surface area contributed by atoms with Crippen molar-refractivity contribution in [3.8, 4) is 0 Å². The van der Waals surface area contributed by atoms with Gasteiger partial charge in [-0.25, -0.2) is 4.68 Å². The van der Waals surface area contributed by atoms with E-state index in [-0.39, 0.29) is 11.7 Å². The average molecular weight is 233 g/mol. The fourth-order valence-electron chi connectivity index (χ4n) is 1.66. The predicted molar refractivity (Wildman–Crippen MR) is 49.9 cm³/mol. The second-order valence-corrected chi connectivity index (χ2v) is 3.66. The van der Waals surface area contributed by atoms with Crippen molar-refractivity contribution in [2.75, 3.05) is 11.9 Å². The van der Waals surface area contributed by atoms with Crippen LogP contribution in [0.1, 0.15) is 18.5 Å². The maximum absolute atomic E-state index is 12.4.